The molecule has 1 aliphatic rings. The number of fused-ring (bicyclic) bond motifs is 1. The lowest BCUT2D eigenvalue weighted by Crippen LogP contribution is -2.50. The van der Waals surface area contributed by atoms with Gasteiger partial charge in [0.1, 0.15) is 23.9 Å². The standard InChI is InChI=1S/C27H25ClN4O4S/c1-16(25(33)31-35)32-13-12-27(29,26(32)34)18-6-8-19(9-7-18)36-15-17-14-22(23-10-11-24(28)37-23)30-21-5-3-2-4-20(17)21/h2-11,14,16,35H,12-13,15,29H2,1H3,(H,31,33). The lowest BCUT2D eigenvalue weighted by Gasteiger charge is -2.27. The molecule has 0 spiro atoms. The second kappa shape index (κ2) is 10.1. The number of nitrogens with zero attached hydrogens (tertiary/aromatic N) is 2. The molecule has 0 saturated carbocycles. The molecular formula is C27H25ClN4O4S. The van der Waals surface area contributed by atoms with Crippen molar-refractivity contribution in [2.45, 2.75) is 31.5 Å². The summed E-state index contributed by atoms with van der Waals surface area (Å²) < 4.78 is 6.82. The summed E-state index contributed by atoms with van der Waals surface area (Å²) in [5.41, 5.74) is 10.2. The molecule has 10 heteroatoms. The van der Waals surface area contributed by atoms with Crippen LogP contribution in [0.2, 0.25) is 4.34 Å². The van der Waals surface area contributed by atoms with Crippen LogP contribution in [0, 0.1) is 0 Å². The predicted molar refractivity (Wildman–Crippen MR) is 142 cm³/mol. The molecule has 0 bridgehead atoms. The third-order valence-corrected chi connectivity index (χ3v) is 7.99. The highest BCUT2D eigenvalue weighted by Gasteiger charge is 2.47. The van der Waals surface area contributed by atoms with Crippen LogP contribution in [0.4, 0.5) is 0 Å². The monoisotopic (exact) mass is 536 g/mol. The summed E-state index contributed by atoms with van der Waals surface area (Å²) in [7, 11) is 0. The molecule has 1 saturated heterocycles. The first-order chi connectivity index (χ1) is 17.8. The van der Waals surface area contributed by atoms with Gasteiger partial charge in [0.2, 0.25) is 5.91 Å². The maximum absolute atomic E-state index is 13.1. The fourth-order valence-electron chi connectivity index (χ4n) is 4.59. The quantitative estimate of drug-likeness (QED) is 0.237. The second-order valence-corrected chi connectivity index (χ2v) is 10.7. The molecule has 0 radical (unpaired) electrons. The van der Waals surface area contributed by atoms with E-state index in [1.807, 2.05) is 42.5 Å². The summed E-state index contributed by atoms with van der Waals surface area (Å²) in [6, 6.07) is 20.0. The minimum Gasteiger partial charge on any atom is -0.489 e. The van der Waals surface area contributed by atoms with Crippen molar-refractivity contribution in [2.75, 3.05) is 6.54 Å². The zero-order valence-electron chi connectivity index (χ0n) is 20.0. The third kappa shape index (κ3) is 4.78. The van der Waals surface area contributed by atoms with Crippen LogP contribution in [-0.4, -0.2) is 39.5 Å². The Labute approximate surface area is 222 Å². The van der Waals surface area contributed by atoms with E-state index in [1.165, 1.54) is 16.2 Å². The molecule has 3 heterocycles. The van der Waals surface area contributed by atoms with E-state index < -0.39 is 17.5 Å². The van der Waals surface area contributed by atoms with Crippen LogP contribution in [0.3, 0.4) is 0 Å². The number of likely N-dealkylation sites (tertiary alicyclic amines) is 1. The Morgan fingerprint density at radius 1 is 1.24 bits per heavy atom. The second-order valence-electron chi connectivity index (χ2n) is 8.97. The first-order valence-corrected chi connectivity index (χ1v) is 12.9. The first-order valence-electron chi connectivity index (χ1n) is 11.7. The highest BCUT2D eigenvalue weighted by Crippen LogP contribution is 2.34. The molecule has 4 aromatic rings. The van der Waals surface area contributed by atoms with Crippen LogP contribution in [0.15, 0.2) is 66.7 Å². The number of benzene rings is 2. The Morgan fingerprint density at radius 2 is 2.00 bits per heavy atom. The zero-order chi connectivity index (χ0) is 26.2. The van der Waals surface area contributed by atoms with E-state index in [0.29, 0.717) is 35.2 Å². The highest BCUT2D eigenvalue weighted by atomic mass is 35.5. The topological polar surface area (TPSA) is 118 Å². The molecule has 1 aliphatic heterocycles. The van der Waals surface area contributed by atoms with Gasteiger partial charge in [0.25, 0.3) is 5.91 Å². The van der Waals surface area contributed by atoms with Gasteiger partial charge < -0.3 is 15.4 Å². The van der Waals surface area contributed by atoms with E-state index in [1.54, 1.807) is 36.7 Å². The van der Waals surface area contributed by atoms with Crippen molar-refractivity contribution >= 4 is 45.7 Å². The molecule has 2 aromatic carbocycles. The SMILES string of the molecule is CC(C(=O)NO)N1CCC(N)(c2ccc(OCc3cc(-c4ccc(Cl)s4)nc4ccccc34)cc2)C1=O. The number of para-hydroxylation sites is 1. The molecule has 2 atom stereocenters. The molecule has 4 N–H and O–H groups in total. The Bertz CT molecular complexity index is 1480. The molecule has 37 heavy (non-hydrogen) atoms. The fourth-order valence-corrected chi connectivity index (χ4v) is 5.59. The van der Waals surface area contributed by atoms with Gasteiger partial charge in [-0.2, -0.15) is 0 Å². The number of hydroxylamine groups is 1. The summed E-state index contributed by atoms with van der Waals surface area (Å²) in [6.45, 7) is 2.19. The first kappa shape index (κ1) is 25.2. The van der Waals surface area contributed by atoms with Gasteiger partial charge in [0, 0.05) is 17.5 Å². The molecular weight excluding hydrogens is 512 g/mol. The van der Waals surface area contributed by atoms with Crippen molar-refractivity contribution in [2.24, 2.45) is 5.73 Å². The Morgan fingerprint density at radius 3 is 2.70 bits per heavy atom. The number of thiophene rings is 1. The molecule has 2 amide bonds. The summed E-state index contributed by atoms with van der Waals surface area (Å²) >= 11 is 7.61. The number of hydrogen-bond donors (Lipinski definition) is 3. The number of ether oxygens (including phenoxy) is 1. The van der Waals surface area contributed by atoms with E-state index >= 15 is 0 Å². The summed E-state index contributed by atoms with van der Waals surface area (Å²) in [4.78, 5) is 32.0. The van der Waals surface area contributed by atoms with Crippen molar-refractivity contribution in [1.82, 2.24) is 15.4 Å². The average molecular weight is 537 g/mol. The van der Waals surface area contributed by atoms with Gasteiger partial charge in [-0.15, -0.1) is 11.3 Å². The van der Waals surface area contributed by atoms with E-state index in [0.717, 1.165) is 27.0 Å². The van der Waals surface area contributed by atoms with E-state index in [2.05, 4.69) is 0 Å². The fraction of sp³-hybridized carbons (Fsp3) is 0.222. The number of aromatic nitrogens is 1. The van der Waals surface area contributed by atoms with Gasteiger partial charge >= 0.3 is 0 Å². The Kier molecular flexibility index (Phi) is 6.87. The highest BCUT2D eigenvalue weighted by molar-refractivity contribution is 7.19. The molecule has 190 valence electrons. The Balaban J connectivity index is 1.34. The zero-order valence-corrected chi connectivity index (χ0v) is 21.6. The van der Waals surface area contributed by atoms with Crippen molar-refractivity contribution in [3.63, 3.8) is 0 Å². The number of carbonyl (C=O) groups is 2. The van der Waals surface area contributed by atoms with Crippen LogP contribution >= 0.6 is 22.9 Å². The van der Waals surface area contributed by atoms with Crippen molar-refractivity contribution in [1.29, 1.82) is 0 Å². The summed E-state index contributed by atoms with van der Waals surface area (Å²) in [6.07, 6.45) is 0.355. The van der Waals surface area contributed by atoms with Gasteiger partial charge in [-0.1, -0.05) is 41.9 Å². The molecule has 2 aromatic heterocycles. The number of amides is 2. The van der Waals surface area contributed by atoms with Crippen LogP contribution in [0.1, 0.15) is 24.5 Å². The number of nitrogens with two attached hydrogens (primary N) is 1. The van der Waals surface area contributed by atoms with Gasteiger partial charge in [0.15, 0.2) is 0 Å². The van der Waals surface area contributed by atoms with Gasteiger partial charge in [0.05, 0.1) is 20.4 Å². The van der Waals surface area contributed by atoms with E-state index in [-0.39, 0.29) is 5.91 Å². The van der Waals surface area contributed by atoms with Crippen molar-refractivity contribution < 1.29 is 19.5 Å². The van der Waals surface area contributed by atoms with Crippen LogP contribution in [0.5, 0.6) is 5.75 Å². The molecule has 0 aliphatic carbocycles. The van der Waals surface area contributed by atoms with Crippen LogP contribution in [-0.2, 0) is 21.7 Å². The smallest absolute Gasteiger partial charge is 0.265 e. The lowest BCUT2D eigenvalue weighted by molar-refractivity contribution is -0.143. The number of rotatable bonds is 7. The number of nitrogens with one attached hydrogen (secondary N) is 1. The number of pyridine rings is 1. The van der Waals surface area contributed by atoms with E-state index in [4.69, 9.17) is 32.3 Å². The predicted octanol–water partition coefficient (Wildman–Crippen LogP) is 4.48. The average Bonchev–Trinajstić information content (AvgIpc) is 3.49. The van der Waals surface area contributed by atoms with E-state index in [9.17, 15) is 9.59 Å². The van der Waals surface area contributed by atoms with Crippen LogP contribution in [0.25, 0.3) is 21.5 Å². The number of hydrogen-bond acceptors (Lipinski definition) is 7. The number of carbonyl (C=O) groups excluding carboxylic acids is 2. The molecule has 2 unspecified atom stereocenters. The summed E-state index contributed by atoms with van der Waals surface area (Å²) in [5, 5.41) is 9.91. The normalized spacial score (nSPS) is 18.3. The summed E-state index contributed by atoms with van der Waals surface area (Å²) in [5.74, 6) is -0.388. The lowest BCUT2D eigenvalue weighted by atomic mass is 9.89. The van der Waals surface area contributed by atoms with Crippen LogP contribution < -0.4 is 16.0 Å². The molecule has 8 nitrogen and oxygen atoms in total. The maximum Gasteiger partial charge on any atom is 0.265 e. The third-order valence-electron chi connectivity index (χ3n) is 6.74. The number of halogens is 1. The molecule has 5 rings (SSSR count). The minimum absolute atomic E-state index is 0.315. The largest absolute Gasteiger partial charge is 0.489 e. The van der Waals surface area contributed by atoms with Gasteiger partial charge in [-0.3, -0.25) is 14.8 Å². The van der Waals surface area contributed by atoms with Crippen molar-refractivity contribution in [3.8, 4) is 16.3 Å². The van der Waals surface area contributed by atoms with Gasteiger partial charge in [-0.05, 0) is 55.3 Å². The van der Waals surface area contributed by atoms with Crippen molar-refractivity contribution in [3.05, 3.63) is 82.2 Å². The Hall–Kier alpha value is -3.50. The molecule has 1 fully saturated rings. The maximum atomic E-state index is 13.1. The van der Waals surface area contributed by atoms with Gasteiger partial charge in [-0.25, -0.2) is 10.5 Å². The minimum atomic E-state index is -1.25.